The van der Waals surface area contributed by atoms with Crippen LogP contribution in [-0.2, 0) is 11.2 Å². The molecule has 1 aliphatic carbocycles. The second-order valence-electron chi connectivity index (χ2n) is 5.23. The van der Waals surface area contributed by atoms with E-state index < -0.39 is 0 Å². The molecule has 1 amide bonds. The largest absolute Gasteiger partial charge is 0.508 e. The lowest BCUT2D eigenvalue weighted by molar-refractivity contribution is -0.131. The van der Waals surface area contributed by atoms with Crippen LogP contribution in [0.2, 0.25) is 0 Å². The van der Waals surface area contributed by atoms with Crippen LogP contribution in [0.1, 0.15) is 31.2 Å². The first-order valence-corrected chi connectivity index (χ1v) is 7.33. The van der Waals surface area contributed by atoms with Gasteiger partial charge in [0.05, 0.1) is 18.0 Å². The molecule has 20 heavy (non-hydrogen) atoms. The molecule has 1 aliphatic rings. The molecule has 0 atom stereocenters. The maximum absolute atomic E-state index is 12.5. The van der Waals surface area contributed by atoms with Crippen molar-refractivity contribution in [2.45, 2.75) is 38.1 Å². The standard InChI is InChI=1S/C15H20N2O2S/c16-14(20)10-17(12-6-2-3-7-12)15(19)9-11-5-1-4-8-13(11)18/h1,4-5,8,12,18H,2-3,6-7,9-10H2,(H2,16,20). The van der Waals surface area contributed by atoms with E-state index in [1.165, 1.54) is 0 Å². The second-order valence-corrected chi connectivity index (χ2v) is 5.76. The van der Waals surface area contributed by atoms with E-state index in [0.717, 1.165) is 25.7 Å². The van der Waals surface area contributed by atoms with Gasteiger partial charge in [0.25, 0.3) is 0 Å². The number of para-hydroxylation sites is 1. The fraction of sp³-hybridized carbons (Fsp3) is 0.467. The summed E-state index contributed by atoms with van der Waals surface area (Å²) in [5.74, 6) is 0.133. The Kier molecular flexibility index (Phi) is 4.95. The predicted molar refractivity (Wildman–Crippen MR) is 82.6 cm³/mol. The van der Waals surface area contributed by atoms with Gasteiger partial charge in [0, 0.05) is 11.6 Å². The number of carbonyl (C=O) groups is 1. The van der Waals surface area contributed by atoms with E-state index in [4.69, 9.17) is 18.0 Å². The summed E-state index contributed by atoms with van der Waals surface area (Å²) in [7, 11) is 0. The molecular weight excluding hydrogens is 272 g/mol. The van der Waals surface area contributed by atoms with Crippen molar-refractivity contribution in [3.05, 3.63) is 29.8 Å². The Morgan fingerprint density at radius 3 is 2.60 bits per heavy atom. The van der Waals surface area contributed by atoms with Crippen LogP contribution in [0.3, 0.4) is 0 Å². The highest BCUT2D eigenvalue weighted by Gasteiger charge is 2.27. The van der Waals surface area contributed by atoms with Crippen LogP contribution in [0.15, 0.2) is 24.3 Å². The van der Waals surface area contributed by atoms with Gasteiger partial charge < -0.3 is 15.7 Å². The number of aromatic hydroxyl groups is 1. The van der Waals surface area contributed by atoms with Gasteiger partial charge in [-0.15, -0.1) is 0 Å². The summed E-state index contributed by atoms with van der Waals surface area (Å²) in [6.07, 6.45) is 4.49. The number of phenolic OH excluding ortho intramolecular Hbond substituents is 1. The van der Waals surface area contributed by atoms with Crippen LogP contribution >= 0.6 is 12.2 Å². The lowest BCUT2D eigenvalue weighted by Gasteiger charge is -2.28. The van der Waals surface area contributed by atoms with Gasteiger partial charge in [-0.2, -0.15) is 0 Å². The van der Waals surface area contributed by atoms with E-state index in [1.807, 2.05) is 6.07 Å². The van der Waals surface area contributed by atoms with Crippen molar-refractivity contribution in [2.75, 3.05) is 6.54 Å². The van der Waals surface area contributed by atoms with Gasteiger partial charge in [0.1, 0.15) is 5.75 Å². The third-order valence-electron chi connectivity index (χ3n) is 3.75. The quantitative estimate of drug-likeness (QED) is 0.815. The zero-order valence-electron chi connectivity index (χ0n) is 11.4. The minimum atomic E-state index is -0.0220. The highest BCUT2D eigenvalue weighted by Crippen LogP contribution is 2.25. The van der Waals surface area contributed by atoms with Crippen molar-refractivity contribution in [2.24, 2.45) is 5.73 Å². The Labute approximate surface area is 124 Å². The van der Waals surface area contributed by atoms with E-state index in [9.17, 15) is 9.90 Å². The molecule has 0 spiro atoms. The molecule has 0 aliphatic heterocycles. The van der Waals surface area contributed by atoms with Gasteiger partial charge >= 0.3 is 0 Å². The molecule has 108 valence electrons. The van der Waals surface area contributed by atoms with E-state index in [2.05, 4.69) is 0 Å². The average Bonchev–Trinajstić information content (AvgIpc) is 2.92. The van der Waals surface area contributed by atoms with Crippen LogP contribution in [0.4, 0.5) is 0 Å². The Bertz CT molecular complexity index is 498. The molecule has 4 nitrogen and oxygen atoms in total. The van der Waals surface area contributed by atoms with Gasteiger partial charge in [-0.05, 0) is 18.9 Å². The van der Waals surface area contributed by atoms with E-state index >= 15 is 0 Å². The maximum atomic E-state index is 12.5. The predicted octanol–water partition coefficient (Wildman–Crippen LogP) is 1.99. The molecule has 0 radical (unpaired) electrons. The number of phenols is 1. The summed E-state index contributed by atoms with van der Waals surface area (Å²) in [5, 5.41) is 9.77. The molecule has 1 saturated carbocycles. The van der Waals surface area contributed by atoms with Crippen LogP contribution in [-0.4, -0.2) is 33.5 Å². The van der Waals surface area contributed by atoms with E-state index in [-0.39, 0.29) is 24.1 Å². The Balaban J connectivity index is 2.09. The molecule has 3 N–H and O–H groups in total. The van der Waals surface area contributed by atoms with Gasteiger partial charge in [0.15, 0.2) is 0 Å². The van der Waals surface area contributed by atoms with Crippen molar-refractivity contribution in [1.29, 1.82) is 0 Å². The monoisotopic (exact) mass is 292 g/mol. The van der Waals surface area contributed by atoms with E-state index in [1.54, 1.807) is 23.1 Å². The lowest BCUT2D eigenvalue weighted by Crippen LogP contribution is -2.44. The highest BCUT2D eigenvalue weighted by molar-refractivity contribution is 7.80. The average molecular weight is 292 g/mol. The normalized spacial score (nSPS) is 15.2. The Morgan fingerprint density at radius 1 is 1.35 bits per heavy atom. The summed E-state index contributed by atoms with van der Waals surface area (Å²) in [6, 6.07) is 7.15. The molecule has 0 bridgehead atoms. The molecule has 0 aromatic heterocycles. The number of carbonyl (C=O) groups excluding carboxylic acids is 1. The fourth-order valence-corrected chi connectivity index (χ4v) is 2.87. The zero-order chi connectivity index (χ0) is 14.5. The maximum Gasteiger partial charge on any atom is 0.227 e. The molecular formula is C15H20N2O2S. The minimum Gasteiger partial charge on any atom is -0.508 e. The highest BCUT2D eigenvalue weighted by atomic mass is 32.1. The minimum absolute atomic E-state index is 0.0220. The summed E-state index contributed by atoms with van der Waals surface area (Å²) >= 11 is 4.95. The molecule has 1 fully saturated rings. The Morgan fingerprint density at radius 2 is 2.00 bits per heavy atom. The number of benzene rings is 1. The van der Waals surface area contributed by atoms with Gasteiger partial charge in [-0.25, -0.2) is 0 Å². The summed E-state index contributed by atoms with van der Waals surface area (Å²) in [4.78, 5) is 14.6. The SMILES string of the molecule is NC(=S)CN(C(=O)Cc1ccccc1O)C1CCCC1. The third-order valence-corrected chi connectivity index (χ3v) is 3.87. The third kappa shape index (κ3) is 3.70. The number of nitrogens with two attached hydrogens (primary N) is 1. The fourth-order valence-electron chi connectivity index (χ4n) is 2.73. The van der Waals surface area contributed by atoms with Gasteiger partial charge in [0.2, 0.25) is 5.91 Å². The molecule has 1 aromatic rings. The molecule has 5 heteroatoms. The van der Waals surface area contributed by atoms with Crippen molar-refractivity contribution < 1.29 is 9.90 Å². The summed E-state index contributed by atoms with van der Waals surface area (Å²) < 4.78 is 0. The molecule has 2 rings (SSSR count). The smallest absolute Gasteiger partial charge is 0.227 e. The molecule has 0 heterocycles. The lowest BCUT2D eigenvalue weighted by atomic mass is 10.1. The van der Waals surface area contributed by atoms with Gasteiger partial charge in [-0.1, -0.05) is 43.3 Å². The van der Waals surface area contributed by atoms with Crippen LogP contribution in [0, 0.1) is 0 Å². The number of rotatable bonds is 5. The molecule has 0 saturated heterocycles. The number of hydrogen-bond donors (Lipinski definition) is 2. The zero-order valence-corrected chi connectivity index (χ0v) is 12.2. The van der Waals surface area contributed by atoms with Crippen molar-refractivity contribution in [3.8, 4) is 5.75 Å². The number of nitrogens with zero attached hydrogens (tertiary/aromatic N) is 1. The first-order valence-electron chi connectivity index (χ1n) is 6.92. The summed E-state index contributed by atoms with van der Waals surface area (Å²) in [5.41, 5.74) is 6.25. The van der Waals surface area contributed by atoms with Crippen molar-refractivity contribution in [3.63, 3.8) is 0 Å². The molecule has 0 unspecified atom stereocenters. The number of amides is 1. The van der Waals surface area contributed by atoms with E-state index in [0.29, 0.717) is 17.1 Å². The second kappa shape index (κ2) is 6.70. The summed E-state index contributed by atoms with van der Waals surface area (Å²) in [6.45, 7) is 0.326. The van der Waals surface area contributed by atoms with Crippen molar-refractivity contribution in [1.82, 2.24) is 4.90 Å². The van der Waals surface area contributed by atoms with Crippen molar-refractivity contribution >= 4 is 23.1 Å². The van der Waals surface area contributed by atoms with Crippen LogP contribution < -0.4 is 5.73 Å². The molecule has 1 aromatic carbocycles. The number of hydrogen-bond acceptors (Lipinski definition) is 3. The topological polar surface area (TPSA) is 66.6 Å². The van der Waals surface area contributed by atoms with Crippen LogP contribution in [0.25, 0.3) is 0 Å². The Hall–Kier alpha value is -1.62. The first kappa shape index (κ1) is 14.8. The van der Waals surface area contributed by atoms with Crippen LogP contribution in [0.5, 0.6) is 5.75 Å². The number of thiocarbonyl (C=S) groups is 1. The van der Waals surface area contributed by atoms with Gasteiger partial charge in [-0.3, -0.25) is 4.79 Å². The first-order chi connectivity index (χ1) is 9.58.